The van der Waals surface area contributed by atoms with Crippen LogP contribution in [-0.2, 0) is 6.54 Å². The van der Waals surface area contributed by atoms with Gasteiger partial charge in [0.1, 0.15) is 11.3 Å². The fourth-order valence-electron chi connectivity index (χ4n) is 4.49. The molecule has 3 aromatic rings. The summed E-state index contributed by atoms with van der Waals surface area (Å²) in [7, 11) is 0. The lowest BCUT2D eigenvalue weighted by Crippen LogP contribution is -2.39. The summed E-state index contributed by atoms with van der Waals surface area (Å²) in [6, 6.07) is 10.6. The Labute approximate surface area is 181 Å². The number of imidazole rings is 1. The molecule has 1 saturated heterocycles. The maximum atomic E-state index is 12.7. The van der Waals surface area contributed by atoms with Gasteiger partial charge in [-0.2, -0.15) is 0 Å². The Hall–Kier alpha value is -3.42. The Morgan fingerprint density at radius 1 is 1.23 bits per heavy atom. The second-order valence-electron chi connectivity index (χ2n) is 8.62. The number of nitro groups is 1. The highest BCUT2D eigenvalue weighted by Gasteiger charge is 2.27. The van der Waals surface area contributed by atoms with Gasteiger partial charge in [0.25, 0.3) is 11.6 Å². The van der Waals surface area contributed by atoms with Crippen LogP contribution < -0.4 is 10.2 Å². The number of nitrogens with zero attached hydrogens (tertiary/aromatic N) is 4. The van der Waals surface area contributed by atoms with E-state index in [1.54, 1.807) is 12.1 Å². The molecule has 2 aromatic heterocycles. The molecule has 162 valence electrons. The van der Waals surface area contributed by atoms with Crippen molar-refractivity contribution in [3.63, 3.8) is 0 Å². The molecule has 0 unspecified atom stereocenters. The van der Waals surface area contributed by atoms with Crippen LogP contribution in [0.3, 0.4) is 0 Å². The number of nitrogens with one attached hydrogen (secondary N) is 1. The normalized spacial score (nSPS) is 18.9. The lowest BCUT2D eigenvalue weighted by molar-refractivity contribution is -0.384. The first-order valence-electron chi connectivity index (χ1n) is 10.6. The van der Waals surface area contributed by atoms with Crippen LogP contribution in [-0.4, -0.2) is 33.3 Å². The number of aromatic nitrogens is 2. The van der Waals surface area contributed by atoms with E-state index < -0.39 is 4.92 Å². The molecular weight excluding hydrogens is 394 g/mol. The van der Waals surface area contributed by atoms with E-state index in [4.69, 9.17) is 0 Å². The van der Waals surface area contributed by atoms with Crippen molar-refractivity contribution in [2.45, 2.75) is 33.7 Å². The Balaban J connectivity index is 1.52. The fourth-order valence-corrected chi connectivity index (χ4v) is 4.49. The van der Waals surface area contributed by atoms with Crippen molar-refractivity contribution >= 4 is 22.9 Å². The lowest BCUT2D eigenvalue weighted by Gasteiger charge is -2.36. The summed E-state index contributed by atoms with van der Waals surface area (Å²) in [5, 5.41) is 14.6. The first-order chi connectivity index (χ1) is 14.8. The summed E-state index contributed by atoms with van der Waals surface area (Å²) < 4.78 is 1.96. The molecule has 2 atom stereocenters. The summed E-state index contributed by atoms with van der Waals surface area (Å²) in [5.41, 5.74) is 3.41. The zero-order valence-electron chi connectivity index (χ0n) is 18.0. The molecule has 0 spiro atoms. The van der Waals surface area contributed by atoms with Crippen molar-refractivity contribution < 1.29 is 9.72 Å². The van der Waals surface area contributed by atoms with E-state index in [1.807, 2.05) is 35.7 Å². The van der Waals surface area contributed by atoms with Crippen molar-refractivity contribution in [1.29, 1.82) is 0 Å². The van der Waals surface area contributed by atoms with E-state index in [2.05, 4.69) is 29.0 Å². The average Bonchev–Trinajstić information content (AvgIpc) is 3.15. The van der Waals surface area contributed by atoms with Gasteiger partial charge in [-0.1, -0.05) is 19.9 Å². The van der Waals surface area contributed by atoms with Crippen LogP contribution in [0.4, 0.5) is 11.4 Å². The summed E-state index contributed by atoms with van der Waals surface area (Å²) in [4.78, 5) is 30.6. The fraction of sp³-hybridized carbons (Fsp3) is 0.391. The highest BCUT2D eigenvalue weighted by Crippen LogP contribution is 2.33. The second kappa shape index (κ2) is 8.37. The van der Waals surface area contributed by atoms with Gasteiger partial charge in [0.05, 0.1) is 17.2 Å². The molecule has 0 bridgehead atoms. The summed E-state index contributed by atoms with van der Waals surface area (Å²) in [5.74, 6) is 0.588. The van der Waals surface area contributed by atoms with E-state index in [9.17, 15) is 14.9 Å². The molecule has 0 radical (unpaired) electrons. The van der Waals surface area contributed by atoms with E-state index in [-0.39, 0.29) is 23.7 Å². The standard InChI is InChI=1S/C23H27N5O3/c1-15-9-16(2)13-26(12-15)20-8-7-18(10-21(20)28(30)31)23(29)24-11-19-14-27-17(3)5-4-6-22(27)25-19/h4-8,10,14-16H,9,11-13H2,1-3H3,(H,24,29)/t15-,16+. The van der Waals surface area contributed by atoms with Gasteiger partial charge in [-0.25, -0.2) is 4.98 Å². The smallest absolute Gasteiger partial charge is 0.293 e. The Morgan fingerprint density at radius 3 is 2.65 bits per heavy atom. The predicted molar refractivity (Wildman–Crippen MR) is 119 cm³/mol. The SMILES string of the molecule is Cc1cccc2nc(CNC(=O)c3ccc(N4C[C@H](C)C[C@H](C)C4)c([N+](=O)[O-])c3)cn12. The first kappa shape index (κ1) is 20.8. The van der Waals surface area contributed by atoms with Crippen molar-refractivity contribution in [3.8, 4) is 0 Å². The zero-order valence-corrected chi connectivity index (χ0v) is 18.0. The third-order valence-electron chi connectivity index (χ3n) is 5.82. The molecule has 31 heavy (non-hydrogen) atoms. The first-order valence-corrected chi connectivity index (χ1v) is 10.6. The molecule has 1 aliphatic heterocycles. The third kappa shape index (κ3) is 4.38. The molecule has 8 nitrogen and oxygen atoms in total. The van der Waals surface area contributed by atoms with Gasteiger partial charge in [-0.3, -0.25) is 14.9 Å². The number of pyridine rings is 1. The molecule has 1 aromatic carbocycles. The molecule has 8 heteroatoms. The summed E-state index contributed by atoms with van der Waals surface area (Å²) in [6.07, 6.45) is 3.00. The molecule has 1 amide bonds. The number of nitro benzene ring substituents is 1. The molecule has 3 heterocycles. The number of carbonyl (C=O) groups excluding carboxylic acids is 1. The second-order valence-corrected chi connectivity index (χ2v) is 8.62. The summed E-state index contributed by atoms with van der Waals surface area (Å²) >= 11 is 0. The highest BCUT2D eigenvalue weighted by molar-refractivity contribution is 5.95. The van der Waals surface area contributed by atoms with Crippen LogP contribution in [0.1, 0.15) is 42.0 Å². The molecule has 1 aliphatic rings. The topological polar surface area (TPSA) is 92.8 Å². The number of rotatable bonds is 5. The number of hydrogen-bond acceptors (Lipinski definition) is 5. The van der Waals surface area contributed by atoms with Crippen LogP contribution >= 0.6 is 0 Å². The van der Waals surface area contributed by atoms with E-state index in [0.717, 1.165) is 36.5 Å². The number of aryl methyl sites for hydroxylation is 1. The van der Waals surface area contributed by atoms with Gasteiger partial charge < -0.3 is 14.6 Å². The number of fused-ring (bicyclic) bond motifs is 1. The number of piperidine rings is 1. The van der Waals surface area contributed by atoms with Crippen molar-refractivity contribution in [2.75, 3.05) is 18.0 Å². The summed E-state index contributed by atoms with van der Waals surface area (Å²) in [6.45, 7) is 8.13. The maximum Gasteiger partial charge on any atom is 0.293 e. The molecule has 4 rings (SSSR count). The molecule has 1 N–H and O–H groups in total. The Kier molecular flexibility index (Phi) is 5.63. The number of hydrogen-bond donors (Lipinski definition) is 1. The van der Waals surface area contributed by atoms with E-state index in [1.165, 1.54) is 6.07 Å². The minimum atomic E-state index is -0.402. The number of anilines is 1. The monoisotopic (exact) mass is 421 g/mol. The van der Waals surface area contributed by atoms with Crippen molar-refractivity contribution in [2.24, 2.45) is 11.8 Å². The lowest BCUT2D eigenvalue weighted by atomic mass is 9.91. The van der Waals surface area contributed by atoms with Gasteiger partial charge in [0.2, 0.25) is 0 Å². The Morgan fingerprint density at radius 2 is 1.97 bits per heavy atom. The van der Waals surface area contributed by atoms with Crippen molar-refractivity contribution in [1.82, 2.24) is 14.7 Å². The van der Waals surface area contributed by atoms with Crippen LogP contribution in [0.15, 0.2) is 42.6 Å². The minimum Gasteiger partial charge on any atom is -0.365 e. The van der Waals surface area contributed by atoms with Gasteiger partial charge in [-0.15, -0.1) is 0 Å². The quantitative estimate of drug-likeness (QED) is 0.497. The zero-order chi connectivity index (χ0) is 22.1. The van der Waals surface area contributed by atoms with E-state index in [0.29, 0.717) is 17.5 Å². The van der Waals surface area contributed by atoms with Crippen LogP contribution in [0.5, 0.6) is 0 Å². The maximum absolute atomic E-state index is 12.7. The molecular formula is C23H27N5O3. The van der Waals surface area contributed by atoms with Gasteiger partial charge >= 0.3 is 0 Å². The molecule has 0 saturated carbocycles. The van der Waals surface area contributed by atoms with Gasteiger partial charge in [-0.05, 0) is 49.4 Å². The van der Waals surface area contributed by atoms with Gasteiger partial charge in [0, 0.05) is 36.6 Å². The molecule has 1 fully saturated rings. The largest absolute Gasteiger partial charge is 0.365 e. The predicted octanol–water partition coefficient (Wildman–Crippen LogP) is 3.96. The highest BCUT2D eigenvalue weighted by atomic mass is 16.6. The van der Waals surface area contributed by atoms with Crippen LogP contribution in [0.2, 0.25) is 0 Å². The minimum absolute atomic E-state index is 0.0303. The number of amides is 1. The number of benzene rings is 1. The third-order valence-corrected chi connectivity index (χ3v) is 5.82. The average molecular weight is 422 g/mol. The van der Waals surface area contributed by atoms with Crippen LogP contribution in [0.25, 0.3) is 5.65 Å². The van der Waals surface area contributed by atoms with Crippen LogP contribution in [0, 0.1) is 28.9 Å². The van der Waals surface area contributed by atoms with Gasteiger partial charge in [0.15, 0.2) is 0 Å². The number of carbonyl (C=O) groups is 1. The Bertz CT molecular complexity index is 1130. The van der Waals surface area contributed by atoms with Crippen molar-refractivity contribution in [3.05, 3.63) is 69.7 Å². The van der Waals surface area contributed by atoms with E-state index >= 15 is 0 Å². The molecule has 0 aliphatic carbocycles.